The number of alkyl halides is 3. The van der Waals surface area contributed by atoms with Crippen LogP contribution in [0.5, 0.6) is 0 Å². The van der Waals surface area contributed by atoms with E-state index in [1.807, 2.05) is 0 Å². The Morgan fingerprint density at radius 3 is 2.55 bits per heavy atom. The van der Waals surface area contributed by atoms with Gasteiger partial charge in [0.1, 0.15) is 5.82 Å². The van der Waals surface area contributed by atoms with Crippen LogP contribution in [0.15, 0.2) is 6.07 Å². The van der Waals surface area contributed by atoms with Crippen LogP contribution in [0.3, 0.4) is 0 Å². The highest BCUT2D eigenvalue weighted by Gasteiger charge is 2.35. The molecule has 2 aliphatic heterocycles. The Morgan fingerprint density at radius 2 is 1.95 bits per heavy atom. The Bertz CT molecular complexity index is 535. The lowest BCUT2D eigenvalue weighted by atomic mass is 10.2. The van der Waals surface area contributed by atoms with Crippen molar-refractivity contribution in [1.29, 1.82) is 0 Å². The lowest BCUT2D eigenvalue weighted by molar-refractivity contribution is -0.141. The van der Waals surface area contributed by atoms with Crippen molar-refractivity contribution in [2.75, 3.05) is 36.5 Å². The summed E-state index contributed by atoms with van der Waals surface area (Å²) in [4.78, 5) is 9.54. The van der Waals surface area contributed by atoms with Gasteiger partial charge in [-0.05, 0) is 12.8 Å². The van der Waals surface area contributed by atoms with E-state index in [2.05, 4.69) is 15.3 Å². The van der Waals surface area contributed by atoms with Crippen molar-refractivity contribution in [2.24, 2.45) is 0 Å². The summed E-state index contributed by atoms with van der Waals surface area (Å²) < 4.78 is 44.1. The molecule has 1 aromatic heterocycles. The Balaban J connectivity index is 1.88. The van der Waals surface area contributed by atoms with Crippen LogP contribution in [0.2, 0.25) is 0 Å². The van der Waals surface area contributed by atoms with Crippen molar-refractivity contribution in [3.63, 3.8) is 0 Å². The number of halogens is 3. The lowest BCUT2D eigenvalue weighted by Gasteiger charge is -2.20. The molecule has 2 saturated heterocycles. The molecule has 0 bridgehead atoms. The first-order chi connectivity index (χ1) is 10.4. The first-order valence-corrected chi connectivity index (χ1v) is 7.17. The summed E-state index contributed by atoms with van der Waals surface area (Å²) >= 11 is 0. The molecule has 3 heterocycles. The number of hydrogen-bond donors (Lipinski definition) is 2. The minimum Gasteiger partial charge on any atom is -0.388 e. The monoisotopic (exact) mass is 318 g/mol. The minimum absolute atomic E-state index is 0.0544. The van der Waals surface area contributed by atoms with Crippen molar-refractivity contribution >= 4 is 11.8 Å². The second-order valence-corrected chi connectivity index (χ2v) is 5.49. The molecular weight excluding hydrogens is 301 g/mol. The van der Waals surface area contributed by atoms with Crippen molar-refractivity contribution < 1.29 is 23.0 Å². The highest BCUT2D eigenvalue weighted by Crippen LogP contribution is 2.31. The van der Waals surface area contributed by atoms with Gasteiger partial charge in [0.15, 0.2) is 5.69 Å². The average Bonchev–Trinajstić information content (AvgIpc) is 3.10. The molecule has 2 aliphatic rings. The first kappa shape index (κ1) is 15.3. The van der Waals surface area contributed by atoms with Crippen molar-refractivity contribution in [2.45, 2.75) is 31.2 Å². The van der Waals surface area contributed by atoms with E-state index in [0.717, 1.165) is 18.9 Å². The fourth-order valence-electron chi connectivity index (χ4n) is 2.58. The maximum atomic E-state index is 13.0. The lowest BCUT2D eigenvalue weighted by Crippen LogP contribution is -2.33. The third-order valence-corrected chi connectivity index (χ3v) is 3.78. The zero-order valence-corrected chi connectivity index (χ0v) is 11.8. The van der Waals surface area contributed by atoms with Crippen molar-refractivity contribution in [1.82, 2.24) is 9.97 Å². The average molecular weight is 318 g/mol. The van der Waals surface area contributed by atoms with Gasteiger partial charge >= 0.3 is 6.18 Å². The number of nitrogens with one attached hydrogen (secondary N) is 1. The Kier molecular flexibility index (Phi) is 4.09. The summed E-state index contributed by atoms with van der Waals surface area (Å²) in [6.45, 7) is 1.69. The maximum absolute atomic E-state index is 13.0. The van der Waals surface area contributed by atoms with Crippen LogP contribution < -0.4 is 10.2 Å². The quantitative estimate of drug-likeness (QED) is 0.874. The van der Waals surface area contributed by atoms with Crippen LogP contribution in [-0.2, 0) is 10.9 Å². The fourth-order valence-corrected chi connectivity index (χ4v) is 2.58. The Hall–Kier alpha value is -1.61. The predicted molar refractivity (Wildman–Crippen MR) is 72.7 cm³/mol. The number of aliphatic hydroxyl groups excluding tert-OH is 1. The molecule has 0 aromatic carbocycles. The molecule has 22 heavy (non-hydrogen) atoms. The summed E-state index contributed by atoms with van der Waals surface area (Å²) in [6, 6.07) is 0.396. The van der Waals surface area contributed by atoms with E-state index in [0.29, 0.717) is 13.1 Å². The molecule has 0 unspecified atom stereocenters. The van der Waals surface area contributed by atoms with Gasteiger partial charge in [-0.1, -0.05) is 0 Å². The van der Waals surface area contributed by atoms with E-state index in [-0.39, 0.29) is 25.0 Å². The molecule has 3 rings (SSSR count). The Labute approximate surface area is 125 Å². The summed E-state index contributed by atoms with van der Waals surface area (Å²) in [5.41, 5.74) is -0.986. The van der Waals surface area contributed by atoms with Gasteiger partial charge in [-0.2, -0.15) is 18.2 Å². The molecule has 0 amide bonds. The number of ether oxygens (including phenoxy) is 1. The van der Waals surface area contributed by atoms with Gasteiger partial charge in [0.05, 0.1) is 25.4 Å². The van der Waals surface area contributed by atoms with Gasteiger partial charge in [0.2, 0.25) is 5.95 Å². The second kappa shape index (κ2) is 5.88. The van der Waals surface area contributed by atoms with E-state index in [1.165, 1.54) is 0 Å². The minimum atomic E-state index is -4.54. The molecule has 2 fully saturated rings. The topological polar surface area (TPSA) is 70.5 Å². The van der Waals surface area contributed by atoms with Gasteiger partial charge in [-0.3, -0.25) is 0 Å². The van der Waals surface area contributed by atoms with Crippen LogP contribution in [0.25, 0.3) is 0 Å². The van der Waals surface area contributed by atoms with Gasteiger partial charge in [0.25, 0.3) is 0 Å². The standard InChI is InChI=1S/C13H17F3N4O2/c14-13(15,16)10-5-11(17-8-6-22-7-9(8)21)19-12(18-10)20-3-1-2-4-20/h5,8-9,21H,1-4,6-7H2,(H,17,18,19)/t8-,9-/m0/s1. The molecule has 1 aromatic rings. The normalized spacial score (nSPS) is 25.7. The fraction of sp³-hybridized carbons (Fsp3) is 0.692. The van der Waals surface area contributed by atoms with Gasteiger partial charge < -0.3 is 20.1 Å². The molecule has 0 saturated carbocycles. The third kappa shape index (κ3) is 3.25. The van der Waals surface area contributed by atoms with E-state index < -0.39 is 24.0 Å². The number of aliphatic hydroxyl groups is 1. The SMILES string of the molecule is O[C@H]1COC[C@@H]1Nc1cc(C(F)(F)F)nc(N2CCCC2)n1. The van der Waals surface area contributed by atoms with Crippen molar-refractivity contribution in [3.05, 3.63) is 11.8 Å². The first-order valence-electron chi connectivity index (χ1n) is 7.17. The number of rotatable bonds is 3. The zero-order valence-electron chi connectivity index (χ0n) is 11.8. The van der Waals surface area contributed by atoms with Crippen LogP contribution in [0, 0.1) is 0 Å². The molecule has 0 aliphatic carbocycles. The summed E-state index contributed by atoms with van der Waals surface area (Å²) in [5, 5.41) is 12.5. The number of aromatic nitrogens is 2. The molecule has 2 atom stereocenters. The molecule has 9 heteroatoms. The molecule has 0 radical (unpaired) electrons. The van der Waals surface area contributed by atoms with E-state index in [1.54, 1.807) is 4.90 Å². The van der Waals surface area contributed by atoms with Crippen LogP contribution >= 0.6 is 0 Å². The molecule has 122 valence electrons. The zero-order chi connectivity index (χ0) is 15.7. The van der Waals surface area contributed by atoms with Gasteiger partial charge in [-0.25, -0.2) is 4.98 Å². The number of anilines is 2. The largest absolute Gasteiger partial charge is 0.433 e. The van der Waals surface area contributed by atoms with E-state index >= 15 is 0 Å². The highest BCUT2D eigenvalue weighted by molar-refractivity contribution is 5.46. The molecule has 6 nitrogen and oxygen atoms in total. The maximum Gasteiger partial charge on any atom is 0.433 e. The molecule has 2 N–H and O–H groups in total. The van der Waals surface area contributed by atoms with Gasteiger partial charge in [-0.15, -0.1) is 0 Å². The number of hydrogen-bond acceptors (Lipinski definition) is 6. The summed E-state index contributed by atoms with van der Waals surface area (Å²) in [7, 11) is 0. The molecular formula is C13H17F3N4O2. The summed E-state index contributed by atoms with van der Waals surface area (Å²) in [6.07, 6.45) is -3.48. The third-order valence-electron chi connectivity index (χ3n) is 3.78. The van der Waals surface area contributed by atoms with Crippen LogP contribution in [0.4, 0.5) is 24.9 Å². The van der Waals surface area contributed by atoms with Crippen LogP contribution in [-0.4, -0.2) is 53.5 Å². The smallest absolute Gasteiger partial charge is 0.388 e. The number of nitrogens with zero attached hydrogens (tertiary/aromatic N) is 3. The van der Waals surface area contributed by atoms with Crippen molar-refractivity contribution in [3.8, 4) is 0 Å². The van der Waals surface area contributed by atoms with E-state index in [9.17, 15) is 18.3 Å². The highest BCUT2D eigenvalue weighted by atomic mass is 19.4. The van der Waals surface area contributed by atoms with Crippen LogP contribution in [0.1, 0.15) is 18.5 Å². The van der Waals surface area contributed by atoms with Gasteiger partial charge in [0, 0.05) is 19.2 Å². The molecule has 0 spiro atoms. The Morgan fingerprint density at radius 1 is 1.23 bits per heavy atom. The second-order valence-electron chi connectivity index (χ2n) is 5.49. The van der Waals surface area contributed by atoms with E-state index in [4.69, 9.17) is 4.74 Å². The summed E-state index contributed by atoms with van der Waals surface area (Å²) in [5.74, 6) is 0.127. The predicted octanol–water partition coefficient (Wildman–Crippen LogP) is 1.27.